The van der Waals surface area contributed by atoms with Gasteiger partial charge in [0.25, 0.3) is 5.91 Å². The minimum absolute atomic E-state index is 0.000569. The van der Waals surface area contributed by atoms with Gasteiger partial charge in [0.1, 0.15) is 27.9 Å². The highest BCUT2D eigenvalue weighted by atomic mass is 32.2. The van der Waals surface area contributed by atoms with E-state index in [0.717, 1.165) is 5.01 Å². The van der Waals surface area contributed by atoms with Crippen molar-refractivity contribution in [3.63, 3.8) is 0 Å². The van der Waals surface area contributed by atoms with Crippen LogP contribution in [-0.4, -0.2) is 55.2 Å². The summed E-state index contributed by atoms with van der Waals surface area (Å²) in [6.07, 6.45) is 0.000569. The van der Waals surface area contributed by atoms with E-state index in [1.807, 2.05) is 0 Å². The number of carboxylic acids is 1. The molecule has 30 heavy (non-hydrogen) atoms. The molecule has 1 saturated heterocycles. The number of fused-ring (bicyclic) bond motifs is 1. The number of nitrogens with one attached hydrogen (secondary N) is 1. The number of nitrogens with zero attached hydrogens (tertiary/aromatic N) is 3. The van der Waals surface area contributed by atoms with Crippen LogP contribution in [0.25, 0.3) is 0 Å². The largest absolute Gasteiger partial charge is 0.477 e. The van der Waals surface area contributed by atoms with E-state index in [-0.39, 0.29) is 18.0 Å². The minimum atomic E-state index is -1.20. The number of hydrogen-bond donors (Lipinski definition) is 2. The number of aromatic nitrogens is 2. The smallest absolute Gasteiger partial charge is 0.353 e. The van der Waals surface area contributed by atoms with Gasteiger partial charge in [0.2, 0.25) is 5.91 Å². The second kappa shape index (κ2) is 8.36. The Labute approximate surface area is 182 Å². The van der Waals surface area contributed by atoms with Gasteiger partial charge in [0.05, 0.1) is 6.42 Å². The molecule has 0 spiro atoms. The van der Waals surface area contributed by atoms with Crippen molar-refractivity contribution in [3.05, 3.63) is 51.3 Å². The molecule has 2 amide bonds. The predicted molar refractivity (Wildman–Crippen MR) is 110 cm³/mol. The lowest BCUT2D eigenvalue weighted by Crippen LogP contribution is -2.70. The summed E-state index contributed by atoms with van der Waals surface area (Å²) in [4.78, 5) is 38.6. The van der Waals surface area contributed by atoms with E-state index in [4.69, 9.17) is 0 Å². The molecule has 0 radical (unpaired) electrons. The fourth-order valence-electron chi connectivity index (χ4n) is 3.11. The third-order valence-corrected chi connectivity index (χ3v) is 7.88. The molecule has 156 valence electrons. The molecule has 1 aromatic carbocycles. The number of carbonyl (C=O) groups excluding carboxylic acids is 2. The van der Waals surface area contributed by atoms with E-state index in [0.29, 0.717) is 20.6 Å². The normalized spacial score (nSPS) is 20.6. The Balaban J connectivity index is 1.46. The Bertz CT molecular complexity index is 1060. The number of aliphatic carboxylic acids is 1. The summed E-state index contributed by atoms with van der Waals surface area (Å²) >= 11 is 3.93. The molecular weight excluding hydrogens is 451 g/mol. The first kappa shape index (κ1) is 20.8. The van der Waals surface area contributed by atoms with Gasteiger partial charge in [-0.3, -0.25) is 14.5 Å². The van der Waals surface area contributed by atoms with Gasteiger partial charge in [-0.25, -0.2) is 9.18 Å². The number of β-lactam (4-membered cyclic amide) rings is 1. The van der Waals surface area contributed by atoms with Gasteiger partial charge in [-0.15, -0.1) is 22.0 Å². The lowest BCUT2D eigenvalue weighted by molar-refractivity contribution is -0.150. The second-order valence-corrected chi connectivity index (χ2v) is 10.2. The number of rotatable bonds is 6. The highest BCUT2D eigenvalue weighted by Gasteiger charge is 2.54. The number of thioether (sulfide) groups is 2. The van der Waals surface area contributed by atoms with E-state index >= 15 is 0 Å². The van der Waals surface area contributed by atoms with Crippen LogP contribution in [-0.2, 0) is 20.8 Å². The van der Waals surface area contributed by atoms with Gasteiger partial charge in [-0.05, 0) is 24.6 Å². The lowest BCUT2D eigenvalue weighted by atomic mass is 10.0. The van der Waals surface area contributed by atoms with Crippen molar-refractivity contribution >= 4 is 52.6 Å². The van der Waals surface area contributed by atoms with Crippen molar-refractivity contribution in [1.29, 1.82) is 0 Å². The van der Waals surface area contributed by atoms with Crippen LogP contribution in [0.5, 0.6) is 0 Å². The number of carbonyl (C=O) groups is 3. The molecule has 2 aromatic rings. The number of hydrogen-bond acceptors (Lipinski definition) is 8. The average Bonchev–Trinajstić information content (AvgIpc) is 3.12. The second-order valence-electron chi connectivity index (χ2n) is 6.52. The summed E-state index contributed by atoms with van der Waals surface area (Å²) in [5.41, 5.74) is 0.539. The number of carboxylic acid groups (broad SMARTS) is 1. The van der Waals surface area contributed by atoms with Crippen molar-refractivity contribution in [3.8, 4) is 0 Å². The molecule has 4 rings (SSSR count). The van der Waals surface area contributed by atoms with Crippen molar-refractivity contribution in [2.45, 2.75) is 29.1 Å². The van der Waals surface area contributed by atoms with E-state index in [1.54, 1.807) is 6.92 Å². The molecule has 1 fully saturated rings. The number of aryl methyl sites for hydroxylation is 1. The van der Waals surface area contributed by atoms with E-state index in [2.05, 4.69) is 15.5 Å². The third kappa shape index (κ3) is 4.07. The molecule has 2 N–H and O–H groups in total. The Morgan fingerprint density at radius 2 is 2.07 bits per heavy atom. The zero-order valence-corrected chi connectivity index (χ0v) is 17.9. The number of amides is 2. The van der Waals surface area contributed by atoms with Crippen LogP contribution in [0.15, 0.2) is 39.2 Å². The minimum Gasteiger partial charge on any atom is -0.477 e. The first-order chi connectivity index (χ1) is 14.3. The summed E-state index contributed by atoms with van der Waals surface area (Å²) < 4.78 is 13.6. The standard InChI is InChI=1S/C18H15FN4O4S3/c1-8-21-22-18(29-8)30-11-7-28-16-13(15(25)23(16)14(11)17(26)27)20-12(24)6-9-2-4-10(19)5-3-9/h2-5,13,16H,6-7H2,1H3,(H,20,24)(H,26,27)/t13-,16-/m1/s1. The first-order valence-electron chi connectivity index (χ1n) is 8.76. The summed E-state index contributed by atoms with van der Waals surface area (Å²) in [6.45, 7) is 1.80. The average molecular weight is 467 g/mol. The van der Waals surface area contributed by atoms with Crippen LogP contribution < -0.4 is 5.32 Å². The summed E-state index contributed by atoms with van der Waals surface area (Å²) in [5, 5.41) is 20.6. The molecule has 0 aliphatic carbocycles. The summed E-state index contributed by atoms with van der Waals surface area (Å²) in [6, 6.07) is 4.73. The van der Waals surface area contributed by atoms with E-state index < -0.39 is 29.1 Å². The molecule has 0 unspecified atom stereocenters. The molecule has 8 nitrogen and oxygen atoms in total. The Morgan fingerprint density at radius 1 is 1.33 bits per heavy atom. The first-order valence-corrected chi connectivity index (χ1v) is 11.4. The SMILES string of the molecule is Cc1nnc(SC2=C(C(=O)O)N3C(=O)[C@@H](NC(=O)Cc4ccc(F)cc4)[C@H]3SC2)s1. The van der Waals surface area contributed by atoms with Crippen LogP contribution >= 0.6 is 34.9 Å². The zero-order chi connectivity index (χ0) is 21.4. The molecule has 0 saturated carbocycles. The monoisotopic (exact) mass is 466 g/mol. The molecule has 1 aromatic heterocycles. The highest BCUT2D eigenvalue weighted by molar-refractivity contribution is 8.07. The molecule has 12 heteroatoms. The number of halogens is 1. The molecule has 2 aliphatic rings. The van der Waals surface area contributed by atoms with Crippen molar-refractivity contribution in [1.82, 2.24) is 20.4 Å². The van der Waals surface area contributed by atoms with Gasteiger partial charge < -0.3 is 10.4 Å². The molecule has 2 aliphatic heterocycles. The Kier molecular flexibility index (Phi) is 5.80. The van der Waals surface area contributed by atoms with E-state index in [9.17, 15) is 23.9 Å². The number of benzene rings is 1. The maximum absolute atomic E-state index is 13.0. The van der Waals surface area contributed by atoms with Crippen LogP contribution in [0.3, 0.4) is 0 Å². The Morgan fingerprint density at radius 3 is 2.70 bits per heavy atom. The summed E-state index contributed by atoms with van der Waals surface area (Å²) in [5.74, 6) is -2.07. The van der Waals surface area contributed by atoms with Gasteiger partial charge in [-0.1, -0.05) is 35.2 Å². The summed E-state index contributed by atoms with van der Waals surface area (Å²) in [7, 11) is 0. The van der Waals surface area contributed by atoms with Gasteiger partial charge in [0.15, 0.2) is 4.34 Å². The predicted octanol–water partition coefficient (Wildman–Crippen LogP) is 2.02. The quantitative estimate of drug-likeness (QED) is 0.622. The lowest BCUT2D eigenvalue weighted by Gasteiger charge is -2.49. The molecular formula is C18H15FN4O4S3. The van der Waals surface area contributed by atoms with Crippen LogP contribution in [0, 0.1) is 12.7 Å². The van der Waals surface area contributed by atoms with Crippen LogP contribution in [0.2, 0.25) is 0 Å². The molecule has 2 atom stereocenters. The molecule has 3 heterocycles. The van der Waals surface area contributed by atoms with Crippen molar-refractivity contribution in [2.24, 2.45) is 0 Å². The van der Waals surface area contributed by atoms with Gasteiger partial charge in [0, 0.05) is 10.7 Å². The highest BCUT2D eigenvalue weighted by Crippen LogP contribution is 2.45. The van der Waals surface area contributed by atoms with Crippen molar-refractivity contribution in [2.75, 3.05) is 5.75 Å². The van der Waals surface area contributed by atoms with Crippen LogP contribution in [0.4, 0.5) is 4.39 Å². The maximum Gasteiger partial charge on any atom is 0.353 e. The Hall–Kier alpha value is -2.44. The zero-order valence-electron chi connectivity index (χ0n) is 15.5. The fraction of sp³-hybridized carbons (Fsp3) is 0.278. The third-order valence-electron chi connectivity index (χ3n) is 4.45. The van der Waals surface area contributed by atoms with E-state index in [1.165, 1.54) is 64.0 Å². The van der Waals surface area contributed by atoms with Crippen molar-refractivity contribution < 1.29 is 23.9 Å². The van der Waals surface area contributed by atoms with Crippen LogP contribution in [0.1, 0.15) is 10.6 Å². The molecule has 0 bridgehead atoms. The fourth-order valence-corrected chi connectivity index (χ4v) is 6.56. The van der Waals surface area contributed by atoms with Gasteiger partial charge >= 0.3 is 5.97 Å². The van der Waals surface area contributed by atoms with Gasteiger partial charge in [-0.2, -0.15) is 0 Å². The maximum atomic E-state index is 13.0. The topological polar surface area (TPSA) is 112 Å².